The molecule has 2 fully saturated rings. The van der Waals surface area contributed by atoms with Gasteiger partial charge in [0.05, 0.1) is 5.92 Å². The molecule has 0 aromatic heterocycles. The summed E-state index contributed by atoms with van der Waals surface area (Å²) >= 11 is 0. The number of carbonyl (C=O) groups is 2. The average Bonchev–Trinajstić information content (AvgIpc) is 3.02. The van der Waals surface area contributed by atoms with E-state index >= 15 is 0 Å². The Hall–Kier alpha value is -1.88. The predicted octanol–water partition coefficient (Wildman–Crippen LogP) is 1.77. The Morgan fingerprint density at radius 1 is 1.12 bits per heavy atom. The van der Waals surface area contributed by atoms with E-state index in [0.29, 0.717) is 13.0 Å². The highest BCUT2D eigenvalue weighted by Gasteiger charge is 2.38. The molecule has 24 heavy (non-hydrogen) atoms. The summed E-state index contributed by atoms with van der Waals surface area (Å²) in [5, 5.41) is 0. The number of para-hydroxylation sites is 1. The van der Waals surface area contributed by atoms with Crippen molar-refractivity contribution in [2.24, 2.45) is 5.92 Å². The van der Waals surface area contributed by atoms with Crippen LogP contribution in [0, 0.1) is 5.92 Å². The molecule has 2 heterocycles. The smallest absolute Gasteiger partial charge is 0.228 e. The fraction of sp³-hybridized carbons (Fsp3) is 0.579. The van der Waals surface area contributed by atoms with Crippen molar-refractivity contribution in [3.63, 3.8) is 0 Å². The van der Waals surface area contributed by atoms with E-state index in [4.69, 9.17) is 0 Å². The Labute approximate surface area is 144 Å². The van der Waals surface area contributed by atoms with Crippen LogP contribution in [0.2, 0.25) is 0 Å². The van der Waals surface area contributed by atoms with Crippen LogP contribution in [0.3, 0.4) is 0 Å². The van der Waals surface area contributed by atoms with Crippen molar-refractivity contribution >= 4 is 17.5 Å². The number of hydrogen-bond acceptors (Lipinski definition) is 3. The molecule has 2 aliphatic rings. The maximum absolute atomic E-state index is 12.8. The van der Waals surface area contributed by atoms with Crippen molar-refractivity contribution < 1.29 is 9.59 Å². The second-order valence-electron chi connectivity index (χ2n) is 6.65. The number of piperazine rings is 1. The Morgan fingerprint density at radius 2 is 1.83 bits per heavy atom. The molecule has 2 aliphatic heterocycles. The number of anilines is 1. The first-order valence-electron chi connectivity index (χ1n) is 9.03. The van der Waals surface area contributed by atoms with Crippen LogP contribution in [0.15, 0.2) is 24.3 Å². The normalized spacial score (nSPS) is 22.2. The molecule has 2 saturated heterocycles. The number of benzene rings is 1. The summed E-state index contributed by atoms with van der Waals surface area (Å²) in [5.41, 5.74) is 2.13. The highest BCUT2D eigenvalue weighted by Crippen LogP contribution is 2.29. The third-order valence-corrected chi connectivity index (χ3v) is 5.27. The zero-order valence-corrected chi connectivity index (χ0v) is 14.7. The summed E-state index contributed by atoms with van der Waals surface area (Å²) in [6.45, 7) is 9.22. The van der Waals surface area contributed by atoms with E-state index in [9.17, 15) is 9.59 Å². The Balaban J connectivity index is 1.67. The van der Waals surface area contributed by atoms with Crippen LogP contribution >= 0.6 is 0 Å². The number of carbonyl (C=O) groups excluding carboxylic acids is 2. The number of hydrogen-bond donors (Lipinski definition) is 0. The number of rotatable bonds is 4. The molecule has 3 rings (SSSR count). The topological polar surface area (TPSA) is 43.9 Å². The third kappa shape index (κ3) is 3.31. The molecule has 5 heteroatoms. The first-order valence-corrected chi connectivity index (χ1v) is 9.03. The van der Waals surface area contributed by atoms with Crippen LogP contribution < -0.4 is 4.90 Å². The van der Waals surface area contributed by atoms with Crippen LogP contribution in [-0.4, -0.2) is 60.9 Å². The van der Waals surface area contributed by atoms with Crippen LogP contribution in [0.1, 0.15) is 25.8 Å². The molecular weight excluding hydrogens is 302 g/mol. The molecular formula is C19H27N3O2. The lowest BCUT2D eigenvalue weighted by Gasteiger charge is -2.35. The summed E-state index contributed by atoms with van der Waals surface area (Å²) < 4.78 is 0. The van der Waals surface area contributed by atoms with Gasteiger partial charge >= 0.3 is 0 Å². The lowest BCUT2D eigenvalue weighted by atomic mass is 10.1. The molecule has 2 amide bonds. The summed E-state index contributed by atoms with van der Waals surface area (Å²) in [7, 11) is 0. The van der Waals surface area contributed by atoms with E-state index in [0.717, 1.165) is 50.4 Å². The van der Waals surface area contributed by atoms with E-state index < -0.39 is 0 Å². The highest BCUT2D eigenvalue weighted by atomic mass is 16.2. The van der Waals surface area contributed by atoms with Crippen LogP contribution in [-0.2, 0) is 16.0 Å². The van der Waals surface area contributed by atoms with Crippen molar-refractivity contribution in [1.82, 2.24) is 9.80 Å². The molecule has 1 unspecified atom stereocenters. The Bertz CT molecular complexity index is 608. The van der Waals surface area contributed by atoms with E-state index in [-0.39, 0.29) is 17.7 Å². The molecule has 0 aliphatic carbocycles. The summed E-state index contributed by atoms with van der Waals surface area (Å²) in [4.78, 5) is 31.4. The summed E-state index contributed by atoms with van der Waals surface area (Å²) in [5.74, 6) is 0.0209. The molecule has 1 aromatic rings. The van der Waals surface area contributed by atoms with E-state index in [1.165, 1.54) is 0 Å². The first kappa shape index (κ1) is 17.0. The van der Waals surface area contributed by atoms with Gasteiger partial charge in [0.25, 0.3) is 0 Å². The summed E-state index contributed by atoms with van der Waals surface area (Å²) in [6, 6.07) is 8.00. The minimum atomic E-state index is -0.199. The standard InChI is InChI=1S/C19H27N3O2/c1-3-15-7-5-6-8-17(15)22-14-16(13-18(22)23)19(24)21-11-9-20(4-2)10-12-21/h5-8,16H,3-4,9-14H2,1-2H3. The van der Waals surface area contributed by atoms with Gasteiger partial charge in [-0.3, -0.25) is 9.59 Å². The molecule has 0 radical (unpaired) electrons. The van der Waals surface area contributed by atoms with Crippen LogP contribution in [0.25, 0.3) is 0 Å². The second kappa shape index (κ2) is 7.34. The van der Waals surface area contributed by atoms with Crippen molar-refractivity contribution in [3.8, 4) is 0 Å². The van der Waals surface area contributed by atoms with Crippen LogP contribution in [0.4, 0.5) is 5.69 Å². The van der Waals surface area contributed by atoms with Crippen LogP contribution in [0.5, 0.6) is 0 Å². The maximum atomic E-state index is 12.8. The van der Waals surface area contributed by atoms with Gasteiger partial charge in [-0.1, -0.05) is 32.0 Å². The number of aryl methyl sites for hydroxylation is 1. The molecule has 0 bridgehead atoms. The van der Waals surface area contributed by atoms with E-state index in [1.54, 1.807) is 0 Å². The molecule has 0 spiro atoms. The minimum Gasteiger partial charge on any atom is -0.340 e. The lowest BCUT2D eigenvalue weighted by molar-refractivity contribution is -0.137. The van der Waals surface area contributed by atoms with Crippen molar-refractivity contribution in [2.45, 2.75) is 26.7 Å². The zero-order chi connectivity index (χ0) is 17.1. The van der Waals surface area contributed by atoms with Crippen molar-refractivity contribution in [3.05, 3.63) is 29.8 Å². The third-order valence-electron chi connectivity index (χ3n) is 5.27. The van der Waals surface area contributed by atoms with Gasteiger partial charge < -0.3 is 14.7 Å². The Morgan fingerprint density at radius 3 is 2.50 bits per heavy atom. The second-order valence-corrected chi connectivity index (χ2v) is 6.65. The average molecular weight is 329 g/mol. The van der Waals surface area contributed by atoms with Gasteiger partial charge in [-0.25, -0.2) is 0 Å². The fourth-order valence-electron chi connectivity index (χ4n) is 3.72. The zero-order valence-electron chi connectivity index (χ0n) is 14.7. The van der Waals surface area contributed by atoms with Gasteiger partial charge in [-0.15, -0.1) is 0 Å². The van der Waals surface area contributed by atoms with Crippen molar-refractivity contribution in [2.75, 3.05) is 44.2 Å². The van der Waals surface area contributed by atoms with Gasteiger partial charge in [0, 0.05) is 44.8 Å². The minimum absolute atomic E-state index is 0.0708. The molecule has 1 atom stereocenters. The lowest BCUT2D eigenvalue weighted by Crippen LogP contribution is -2.50. The molecule has 130 valence electrons. The molecule has 0 N–H and O–H groups in total. The Kier molecular flexibility index (Phi) is 5.19. The maximum Gasteiger partial charge on any atom is 0.228 e. The number of amides is 2. The quantitative estimate of drug-likeness (QED) is 0.845. The van der Waals surface area contributed by atoms with Gasteiger partial charge in [0.15, 0.2) is 0 Å². The van der Waals surface area contributed by atoms with Gasteiger partial charge in [0.2, 0.25) is 11.8 Å². The molecule has 0 saturated carbocycles. The largest absolute Gasteiger partial charge is 0.340 e. The van der Waals surface area contributed by atoms with Gasteiger partial charge in [-0.05, 0) is 24.6 Å². The predicted molar refractivity (Wildman–Crippen MR) is 95.0 cm³/mol. The van der Waals surface area contributed by atoms with E-state index in [2.05, 4.69) is 24.8 Å². The number of nitrogens with zero attached hydrogens (tertiary/aromatic N) is 3. The summed E-state index contributed by atoms with van der Waals surface area (Å²) in [6.07, 6.45) is 1.22. The monoisotopic (exact) mass is 329 g/mol. The fourth-order valence-corrected chi connectivity index (χ4v) is 3.72. The first-order chi connectivity index (χ1) is 11.6. The number of likely N-dealkylation sites (N-methyl/N-ethyl adjacent to an activating group) is 1. The SMILES string of the molecule is CCc1ccccc1N1CC(C(=O)N2CCN(CC)CC2)CC1=O. The van der Waals surface area contributed by atoms with Gasteiger partial charge in [-0.2, -0.15) is 0 Å². The van der Waals surface area contributed by atoms with E-state index in [1.807, 2.05) is 28.0 Å². The highest BCUT2D eigenvalue weighted by molar-refractivity contribution is 6.00. The van der Waals surface area contributed by atoms with Crippen molar-refractivity contribution in [1.29, 1.82) is 0 Å². The van der Waals surface area contributed by atoms with Gasteiger partial charge in [0.1, 0.15) is 0 Å². The molecule has 1 aromatic carbocycles. The molecule has 5 nitrogen and oxygen atoms in total.